The Bertz CT molecular complexity index is 691. The van der Waals surface area contributed by atoms with Crippen LogP contribution < -0.4 is 5.32 Å². The van der Waals surface area contributed by atoms with E-state index in [2.05, 4.69) is 19.2 Å². The van der Waals surface area contributed by atoms with Crippen molar-refractivity contribution in [2.45, 2.75) is 39.7 Å². The minimum Gasteiger partial charge on any atom is -0.327 e. The molecule has 1 aromatic carbocycles. The Morgan fingerprint density at radius 2 is 1.87 bits per heavy atom. The van der Waals surface area contributed by atoms with Crippen LogP contribution in [0.5, 0.6) is 0 Å². The second-order valence-electron chi connectivity index (χ2n) is 6.98. The van der Waals surface area contributed by atoms with Crippen molar-refractivity contribution < 1.29 is 9.59 Å². The third-order valence-electron chi connectivity index (χ3n) is 4.54. The summed E-state index contributed by atoms with van der Waals surface area (Å²) in [5, 5.41) is 3.61. The molecule has 5 heteroatoms. The average Bonchev–Trinajstić information content (AvgIpc) is 2.45. The molecule has 1 aliphatic carbocycles. The van der Waals surface area contributed by atoms with Crippen molar-refractivity contribution >= 4 is 23.4 Å². The van der Waals surface area contributed by atoms with Crippen LogP contribution in [0, 0.1) is 5.41 Å². The third kappa shape index (κ3) is 2.88. The number of hydrogen-bond donors (Lipinski definition) is 1. The van der Waals surface area contributed by atoms with Gasteiger partial charge in [-0.2, -0.15) is 0 Å². The van der Waals surface area contributed by atoms with Crippen LogP contribution in [0.3, 0.4) is 0 Å². The number of benzene rings is 1. The van der Waals surface area contributed by atoms with Crippen LogP contribution in [0.4, 0.5) is 4.79 Å². The fourth-order valence-electron chi connectivity index (χ4n) is 3.51. The summed E-state index contributed by atoms with van der Waals surface area (Å²) >= 11 is 5.95. The Kier molecular flexibility index (Phi) is 3.96. The highest BCUT2D eigenvalue weighted by Crippen LogP contribution is 2.44. The molecule has 4 nitrogen and oxygen atoms in total. The summed E-state index contributed by atoms with van der Waals surface area (Å²) in [6.07, 6.45) is 1.24. The third-order valence-corrected chi connectivity index (χ3v) is 4.80. The normalized spacial score (nSPS) is 23.7. The zero-order chi connectivity index (χ0) is 16.8. The van der Waals surface area contributed by atoms with E-state index in [1.165, 1.54) is 0 Å². The summed E-state index contributed by atoms with van der Waals surface area (Å²) in [5.41, 5.74) is 2.37. The maximum absolute atomic E-state index is 12.8. The van der Waals surface area contributed by atoms with E-state index < -0.39 is 0 Å². The van der Waals surface area contributed by atoms with Crippen LogP contribution >= 0.6 is 11.6 Å². The number of Topliss-reactive ketones (excluding diaryl/α,β-unsaturated/α-hetero) is 1. The van der Waals surface area contributed by atoms with Gasteiger partial charge < -0.3 is 5.32 Å². The number of nitrogens with one attached hydrogen (secondary N) is 1. The molecule has 0 fully saturated rings. The summed E-state index contributed by atoms with van der Waals surface area (Å²) in [5.74, 6) is 0.120. The maximum atomic E-state index is 12.8. The van der Waals surface area contributed by atoms with Gasteiger partial charge in [-0.05, 0) is 36.5 Å². The molecule has 1 N–H and O–H groups in total. The standard InChI is InChI=1S/C18H21ClN2O2/c1-4-21-13-9-18(2,3)10-14(22)15(13)16(20-17(21)23)11-5-7-12(19)8-6-11/h5-8,16H,4,9-10H2,1-3H3,(H,20,23). The van der Waals surface area contributed by atoms with E-state index in [1.807, 2.05) is 19.1 Å². The summed E-state index contributed by atoms with van der Waals surface area (Å²) in [6.45, 7) is 6.64. The van der Waals surface area contributed by atoms with Gasteiger partial charge in [-0.25, -0.2) is 4.79 Å². The lowest BCUT2D eigenvalue weighted by Crippen LogP contribution is -2.50. The van der Waals surface area contributed by atoms with Crippen LogP contribution in [-0.4, -0.2) is 23.3 Å². The first-order valence-corrected chi connectivity index (χ1v) is 8.30. The van der Waals surface area contributed by atoms with E-state index in [0.29, 0.717) is 18.0 Å². The predicted molar refractivity (Wildman–Crippen MR) is 90.2 cm³/mol. The highest BCUT2D eigenvalue weighted by molar-refractivity contribution is 6.30. The van der Waals surface area contributed by atoms with E-state index in [9.17, 15) is 9.59 Å². The fourth-order valence-corrected chi connectivity index (χ4v) is 3.63. The van der Waals surface area contributed by atoms with Gasteiger partial charge in [0.25, 0.3) is 0 Å². The van der Waals surface area contributed by atoms with Crippen molar-refractivity contribution in [1.29, 1.82) is 0 Å². The summed E-state index contributed by atoms with van der Waals surface area (Å²) in [7, 11) is 0. The molecule has 1 heterocycles. The molecule has 0 saturated carbocycles. The Labute approximate surface area is 141 Å². The van der Waals surface area contributed by atoms with E-state index in [0.717, 1.165) is 23.3 Å². The van der Waals surface area contributed by atoms with Crippen molar-refractivity contribution in [2.75, 3.05) is 6.54 Å². The minimum atomic E-state index is -0.388. The van der Waals surface area contributed by atoms with E-state index >= 15 is 0 Å². The minimum absolute atomic E-state index is 0.120. The molecule has 1 aromatic rings. The van der Waals surface area contributed by atoms with Gasteiger partial charge in [0.1, 0.15) is 0 Å². The first-order valence-electron chi connectivity index (χ1n) is 7.92. The molecule has 1 atom stereocenters. The number of ketones is 1. The van der Waals surface area contributed by atoms with E-state index in [-0.39, 0.29) is 23.3 Å². The van der Waals surface area contributed by atoms with Crippen LogP contribution in [-0.2, 0) is 4.79 Å². The highest BCUT2D eigenvalue weighted by Gasteiger charge is 2.43. The van der Waals surface area contributed by atoms with Crippen LogP contribution in [0.1, 0.15) is 45.2 Å². The maximum Gasteiger partial charge on any atom is 0.322 e. The molecule has 2 aliphatic rings. The van der Waals surface area contributed by atoms with Crippen molar-refractivity contribution in [3.8, 4) is 0 Å². The van der Waals surface area contributed by atoms with Crippen LogP contribution in [0.2, 0.25) is 5.02 Å². The zero-order valence-electron chi connectivity index (χ0n) is 13.6. The Hall–Kier alpha value is -1.81. The quantitative estimate of drug-likeness (QED) is 0.887. The van der Waals surface area contributed by atoms with Crippen molar-refractivity contribution in [3.63, 3.8) is 0 Å². The highest BCUT2D eigenvalue weighted by atomic mass is 35.5. The van der Waals surface area contributed by atoms with Gasteiger partial charge in [0.05, 0.1) is 6.04 Å². The van der Waals surface area contributed by atoms with Gasteiger partial charge in [0, 0.05) is 29.3 Å². The number of allylic oxidation sites excluding steroid dienone is 1. The second kappa shape index (κ2) is 5.68. The molecule has 23 heavy (non-hydrogen) atoms. The van der Waals surface area contributed by atoms with Gasteiger partial charge in [-0.15, -0.1) is 0 Å². The lowest BCUT2D eigenvalue weighted by molar-refractivity contribution is -0.118. The molecule has 0 radical (unpaired) electrons. The Balaban J connectivity index is 2.12. The van der Waals surface area contributed by atoms with Gasteiger partial charge in [0.15, 0.2) is 5.78 Å². The molecule has 3 rings (SSSR count). The number of carbonyl (C=O) groups excluding carboxylic acids is 2. The number of carbonyl (C=O) groups is 2. The average molecular weight is 333 g/mol. The molecular formula is C18H21ClN2O2. The zero-order valence-corrected chi connectivity index (χ0v) is 14.4. The largest absolute Gasteiger partial charge is 0.327 e. The summed E-state index contributed by atoms with van der Waals surface area (Å²) < 4.78 is 0. The summed E-state index contributed by atoms with van der Waals surface area (Å²) in [6, 6.07) is 6.77. The number of halogens is 1. The smallest absolute Gasteiger partial charge is 0.322 e. The Morgan fingerprint density at radius 3 is 2.48 bits per heavy atom. The molecule has 0 spiro atoms. The van der Waals surface area contributed by atoms with E-state index in [1.54, 1.807) is 17.0 Å². The van der Waals surface area contributed by atoms with Gasteiger partial charge >= 0.3 is 6.03 Å². The molecule has 0 bridgehead atoms. The molecule has 2 amide bonds. The van der Waals surface area contributed by atoms with E-state index in [4.69, 9.17) is 11.6 Å². The van der Waals surface area contributed by atoms with Crippen LogP contribution in [0.15, 0.2) is 35.5 Å². The summed E-state index contributed by atoms with van der Waals surface area (Å²) in [4.78, 5) is 27.0. The van der Waals surface area contributed by atoms with Gasteiger partial charge in [-0.1, -0.05) is 37.6 Å². The first kappa shape index (κ1) is 16.1. The lowest BCUT2D eigenvalue weighted by atomic mass is 9.72. The number of nitrogens with zero attached hydrogens (tertiary/aromatic N) is 1. The first-order chi connectivity index (χ1) is 10.8. The number of amides is 2. The molecule has 122 valence electrons. The van der Waals surface area contributed by atoms with Crippen LogP contribution in [0.25, 0.3) is 0 Å². The van der Waals surface area contributed by atoms with Crippen molar-refractivity contribution in [1.82, 2.24) is 10.2 Å². The SMILES string of the molecule is CCN1C(=O)NC(c2ccc(Cl)cc2)C2=C1CC(C)(C)CC2=O. The topological polar surface area (TPSA) is 49.4 Å². The predicted octanol–water partition coefficient (Wildman–Crippen LogP) is 4.07. The molecule has 1 aliphatic heterocycles. The van der Waals surface area contributed by atoms with Gasteiger partial charge in [-0.3, -0.25) is 9.69 Å². The lowest BCUT2D eigenvalue weighted by Gasteiger charge is -2.43. The molecular weight excluding hydrogens is 312 g/mol. The van der Waals surface area contributed by atoms with Crippen molar-refractivity contribution in [3.05, 3.63) is 46.1 Å². The Morgan fingerprint density at radius 1 is 1.22 bits per heavy atom. The monoisotopic (exact) mass is 332 g/mol. The molecule has 0 aromatic heterocycles. The van der Waals surface area contributed by atoms with Gasteiger partial charge in [0.2, 0.25) is 0 Å². The van der Waals surface area contributed by atoms with Crippen molar-refractivity contribution in [2.24, 2.45) is 5.41 Å². The second-order valence-corrected chi connectivity index (χ2v) is 7.42. The number of rotatable bonds is 2. The number of hydrogen-bond acceptors (Lipinski definition) is 2. The number of urea groups is 1. The fraction of sp³-hybridized carbons (Fsp3) is 0.444. The molecule has 0 saturated heterocycles. The molecule has 1 unspecified atom stereocenters.